The predicted octanol–water partition coefficient (Wildman–Crippen LogP) is 1.70. The van der Waals surface area contributed by atoms with E-state index in [0.29, 0.717) is 11.4 Å². The van der Waals surface area contributed by atoms with Crippen molar-refractivity contribution in [2.45, 2.75) is 0 Å². The molecule has 0 amide bonds. The molecule has 0 aliphatic rings. The molecular weight excluding hydrogens is 238 g/mol. The van der Waals surface area contributed by atoms with Crippen molar-refractivity contribution < 1.29 is 5.11 Å². The minimum absolute atomic E-state index is 0.157. The van der Waals surface area contributed by atoms with Gasteiger partial charge in [0.25, 0.3) is 0 Å². The zero-order valence-corrected chi connectivity index (χ0v) is 9.35. The molecule has 2 aromatic heterocycles. The molecule has 0 aliphatic carbocycles. The summed E-state index contributed by atoms with van der Waals surface area (Å²) in [5, 5.41) is 25.2. The first kappa shape index (κ1) is 9.91. The molecular formula is C10H7N5OS. The summed E-state index contributed by atoms with van der Waals surface area (Å²) in [5.74, 6) is 0.676. The third-order valence-electron chi connectivity index (χ3n) is 2.32. The van der Waals surface area contributed by atoms with Gasteiger partial charge in [-0.15, -0.1) is 16.4 Å². The van der Waals surface area contributed by atoms with Crippen LogP contribution in [0.5, 0.6) is 5.75 Å². The maximum atomic E-state index is 9.94. The Kier molecular flexibility index (Phi) is 2.30. The third-order valence-corrected chi connectivity index (χ3v) is 2.91. The molecule has 0 fully saturated rings. The summed E-state index contributed by atoms with van der Waals surface area (Å²) in [7, 11) is 0. The summed E-state index contributed by atoms with van der Waals surface area (Å²) >= 11 is 1.48. The minimum Gasteiger partial charge on any atom is -0.507 e. The monoisotopic (exact) mass is 245 g/mol. The Bertz CT molecular complexity index is 620. The summed E-state index contributed by atoms with van der Waals surface area (Å²) in [6.45, 7) is 0. The fraction of sp³-hybridized carbons (Fsp3) is 0. The van der Waals surface area contributed by atoms with Gasteiger partial charge in [0, 0.05) is 16.5 Å². The van der Waals surface area contributed by atoms with Crippen molar-refractivity contribution in [3.8, 4) is 28.4 Å². The predicted molar refractivity (Wildman–Crippen MR) is 62.4 cm³/mol. The molecule has 3 rings (SSSR count). The first-order valence-electron chi connectivity index (χ1n) is 4.80. The normalized spacial score (nSPS) is 10.6. The van der Waals surface area contributed by atoms with Gasteiger partial charge in [-0.05, 0) is 22.6 Å². The summed E-state index contributed by atoms with van der Waals surface area (Å²) in [5.41, 5.74) is 3.91. The molecule has 17 heavy (non-hydrogen) atoms. The number of aromatic nitrogens is 5. The average molecular weight is 245 g/mol. The number of aromatic amines is 1. The maximum Gasteiger partial charge on any atom is 0.179 e. The maximum absolute atomic E-state index is 9.94. The van der Waals surface area contributed by atoms with Crippen molar-refractivity contribution >= 4 is 11.3 Å². The Labute approximate surface area is 100.0 Å². The lowest BCUT2D eigenvalue weighted by molar-refractivity contribution is 0.477. The zero-order valence-electron chi connectivity index (χ0n) is 8.53. The van der Waals surface area contributed by atoms with Crippen molar-refractivity contribution in [1.82, 2.24) is 25.6 Å². The van der Waals surface area contributed by atoms with Gasteiger partial charge in [-0.3, -0.25) is 0 Å². The molecule has 0 spiro atoms. The van der Waals surface area contributed by atoms with E-state index in [4.69, 9.17) is 0 Å². The molecule has 2 N–H and O–H groups in total. The number of tetrazole rings is 1. The molecule has 0 saturated carbocycles. The molecule has 0 aliphatic heterocycles. The highest BCUT2D eigenvalue weighted by Crippen LogP contribution is 2.31. The van der Waals surface area contributed by atoms with E-state index in [9.17, 15) is 5.11 Å². The van der Waals surface area contributed by atoms with Crippen LogP contribution in [0.15, 0.2) is 29.1 Å². The van der Waals surface area contributed by atoms with Gasteiger partial charge in [-0.1, -0.05) is 6.07 Å². The largest absolute Gasteiger partial charge is 0.507 e. The number of rotatable bonds is 2. The number of H-pyrrole nitrogens is 1. The standard InChI is InChI=1S/C10H7N5OS/c16-9-3-6(10-12-14-15-13-10)1-2-7(9)8-4-17-5-11-8/h1-5,16H,(H,12,13,14,15). The lowest BCUT2D eigenvalue weighted by Gasteiger charge is -2.02. The van der Waals surface area contributed by atoms with Gasteiger partial charge >= 0.3 is 0 Å². The molecule has 0 atom stereocenters. The van der Waals surface area contributed by atoms with Crippen LogP contribution < -0.4 is 0 Å². The molecule has 0 saturated heterocycles. The van der Waals surface area contributed by atoms with E-state index in [1.54, 1.807) is 17.6 Å². The number of nitrogens with one attached hydrogen (secondary N) is 1. The molecule has 6 nitrogen and oxygen atoms in total. The van der Waals surface area contributed by atoms with Crippen LogP contribution in [0.1, 0.15) is 0 Å². The van der Waals surface area contributed by atoms with Crippen LogP contribution in [0, 0.1) is 0 Å². The van der Waals surface area contributed by atoms with Gasteiger partial charge in [0.2, 0.25) is 0 Å². The van der Waals surface area contributed by atoms with Crippen molar-refractivity contribution in [2.75, 3.05) is 0 Å². The quantitative estimate of drug-likeness (QED) is 0.717. The molecule has 0 radical (unpaired) electrons. The number of benzene rings is 1. The topological polar surface area (TPSA) is 87.6 Å². The number of hydrogen-bond acceptors (Lipinski definition) is 6. The van der Waals surface area contributed by atoms with Crippen molar-refractivity contribution in [3.05, 3.63) is 29.1 Å². The number of hydrogen-bond donors (Lipinski definition) is 2. The first-order valence-corrected chi connectivity index (χ1v) is 5.74. The molecule has 0 bridgehead atoms. The van der Waals surface area contributed by atoms with Crippen LogP contribution in [0.3, 0.4) is 0 Å². The Morgan fingerprint density at radius 3 is 2.88 bits per heavy atom. The molecule has 84 valence electrons. The molecule has 3 aromatic rings. The second-order valence-corrected chi connectivity index (χ2v) is 4.07. The highest BCUT2D eigenvalue weighted by Gasteiger charge is 2.09. The van der Waals surface area contributed by atoms with Crippen molar-refractivity contribution in [2.24, 2.45) is 0 Å². The third kappa shape index (κ3) is 1.76. The Morgan fingerprint density at radius 1 is 1.29 bits per heavy atom. The number of aromatic hydroxyl groups is 1. The highest BCUT2D eigenvalue weighted by atomic mass is 32.1. The van der Waals surface area contributed by atoms with Crippen LogP contribution >= 0.6 is 11.3 Å². The lowest BCUT2D eigenvalue weighted by atomic mass is 10.1. The number of phenols is 1. The summed E-state index contributed by atoms with van der Waals surface area (Å²) in [4.78, 5) is 4.15. The van der Waals surface area contributed by atoms with Gasteiger partial charge in [-0.25, -0.2) is 10.1 Å². The summed E-state index contributed by atoms with van der Waals surface area (Å²) in [6.07, 6.45) is 0. The number of nitrogens with zero attached hydrogens (tertiary/aromatic N) is 4. The van der Waals surface area contributed by atoms with Gasteiger partial charge < -0.3 is 5.11 Å². The summed E-state index contributed by atoms with van der Waals surface area (Å²) < 4.78 is 0. The van der Waals surface area contributed by atoms with Crippen molar-refractivity contribution in [3.63, 3.8) is 0 Å². The molecule has 0 unspecified atom stereocenters. The minimum atomic E-state index is 0.157. The second-order valence-electron chi connectivity index (χ2n) is 3.36. The van der Waals surface area contributed by atoms with Gasteiger partial charge in [0.1, 0.15) is 5.75 Å². The highest BCUT2D eigenvalue weighted by molar-refractivity contribution is 7.07. The van der Waals surface area contributed by atoms with Crippen LogP contribution in [-0.2, 0) is 0 Å². The van der Waals surface area contributed by atoms with Gasteiger partial charge in [0.15, 0.2) is 5.82 Å². The van der Waals surface area contributed by atoms with E-state index in [0.717, 1.165) is 11.3 Å². The smallest absolute Gasteiger partial charge is 0.179 e. The Hall–Kier alpha value is -2.28. The fourth-order valence-electron chi connectivity index (χ4n) is 1.52. The van der Waals surface area contributed by atoms with Gasteiger partial charge in [-0.2, -0.15) is 0 Å². The molecule has 2 heterocycles. The van der Waals surface area contributed by atoms with E-state index in [1.807, 2.05) is 11.4 Å². The van der Waals surface area contributed by atoms with Crippen LogP contribution in [0.4, 0.5) is 0 Å². The van der Waals surface area contributed by atoms with Gasteiger partial charge in [0.05, 0.1) is 11.2 Å². The van der Waals surface area contributed by atoms with E-state index in [1.165, 1.54) is 11.3 Å². The van der Waals surface area contributed by atoms with E-state index in [-0.39, 0.29) is 5.75 Å². The molecule has 7 heteroatoms. The van der Waals surface area contributed by atoms with Crippen LogP contribution in [-0.4, -0.2) is 30.7 Å². The van der Waals surface area contributed by atoms with Crippen LogP contribution in [0.25, 0.3) is 22.6 Å². The van der Waals surface area contributed by atoms with Crippen LogP contribution in [0.2, 0.25) is 0 Å². The first-order chi connectivity index (χ1) is 8.34. The second kappa shape index (κ2) is 3.95. The van der Waals surface area contributed by atoms with E-state index >= 15 is 0 Å². The fourth-order valence-corrected chi connectivity index (χ4v) is 2.07. The summed E-state index contributed by atoms with van der Waals surface area (Å²) in [6, 6.07) is 5.23. The lowest BCUT2D eigenvalue weighted by Crippen LogP contribution is -1.84. The number of thiazole rings is 1. The number of phenolic OH excluding ortho intramolecular Hbond substituents is 1. The SMILES string of the molecule is Oc1cc(-c2nnn[nH]2)ccc1-c1cscn1. The Morgan fingerprint density at radius 2 is 2.24 bits per heavy atom. The average Bonchev–Trinajstić information content (AvgIpc) is 3.02. The van der Waals surface area contributed by atoms with Crippen molar-refractivity contribution in [1.29, 1.82) is 0 Å². The van der Waals surface area contributed by atoms with E-state index < -0.39 is 0 Å². The van der Waals surface area contributed by atoms with E-state index in [2.05, 4.69) is 25.6 Å². The Balaban J connectivity index is 2.06. The molecule has 1 aromatic carbocycles. The zero-order chi connectivity index (χ0) is 11.7.